The van der Waals surface area contributed by atoms with E-state index in [0.29, 0.717) is 13.1 Å². The van der Waals surface area contributed by atoms with E-state index in [1.807, 2.05) is 5.38 Å². The third kappa shape index (κ3) is 4.18. The molecule has 2 aliphatic carbocycles. The van der Waals surface area contributed by atoms with Crippen LogP contribution in [0.5, 0.6) is 0 Å². The number of amides is 2. The Morgan fingerprint density at radius 3 is 2.67 bits per heavy atom. The molecule has 5 heteroatoms. The summed E-state index contributed by atoms with van der Waals surface area (Å²) in [6.07, 6.45) is 8.89. The Balaban J connectivity index is 1.42. The van der Waals surface area contributed by atoms with Gasteiger partial charge in [-0.2, -0.15) is 0 Å². The smallest absolute Gasteiger partial charge is 0.252 e. The molecule has 132 valence electrons. The van der Waals surface area contributed by atoms with Gasteiger partial charge in [0.05, 0.1) is 5.56 Å². The van der Waals surface area contributed by atoms with E-state index >= 15 is 0 Å². The molecule has 2 aliphatic rings. The first kappa shape index (κ1) is 17.5. The third-order valence-electron chi connectivity index (χ3n) is 5.33. The van der Waals surface area contributed by atoms with Gasteiger partial charge in [0.25, 0.3) is 5.91 Å². The van der Waals surface area contributed by atoms with Gasteiger partial charge >= 0.3 is 0 Å². The fourth-order valence-electron chi connectivity index (χ4n) is 3.83. The molecule has 2 amide bonds. The highest BCUT2D eigenvalue weighted by molar-refractivity contribution is 7.10. The van der Waals surface area contributed by atoms with Crippen molar-refractivity contribution in [2.75, 3.05) is 13.1 Å². The van der Waals surface area contributed by atoms with E-state index in [0.717, 1.165) is 50.0 Å². The highest BCUT2D eigenvalue weighted by Crippen LogP contribution is 2.32. The molecule has 24 heavy (non-hydrogen) atoms. The Labute approximate surface area is 148 Å². The summed E-state index contributed by atoms with van der Waals surface area (Å²) in [5.41, 5.74) is 2.10. The fraction of sp³-hybridized carbons (Fsp3) is 0.684. The van der Waals surface area contributed by atoms with Gasteiger partial charge in [-0.1, -0.05) is 26.2 Å². The molecular formula is C19H28N2O2S. The SMILES string of the molecule is CC1CCc2c(C(=O)NCCNC(=O)C3CCCCC3)csc2C1. The van der Waals surface area contributed by atoms with E-state index in [-0.39, 0.29) is 17.7 Å². The minimum atomic E-state index is 0.00830. The van der Waals surface area contributed by atoms with Crippen molar-refractivity contribution < 1.29 is 9.59 Å². The Kier molecular flexibility index (Phi) is 5.93. The lowest BCUT2D eigenvalue weighted by Gasteiger charge is -2.21. The number of fused-ring (bicyclic) bond motifs is 1. The van der Waals surface area contributed by atoms with Gasteiger partial charge in [-0.3, -0.25) is 9.59 Å². The van der Waals surface area contributed by atoms with Gasteiger partial charge in [0.1, 0.15) is 0 Å². The first-order chi connectivity index (χ1) is 11.6. The lowest BCUT2D eigenvalue weighted by atomic mass is 9.88. The van der Waals surface area contributed by atoms with Crippen LogP contribution in [0.15, 0.2) is 5.38 Å². The summed E-state index contributed by atoms with van der Waals surface area (Å²) >= 11 is 1.72. The quantitative estimate of drug-likeness (QED) is 0.802. The van der Waals surface area contributed by atoms with Gasteiger partial charge in [0, 0.05) is 29.3 Å². The average Bonchev–Trinajstić information content (AvgIpc) is 3.02. The fourth-order valence-corrected chi connectivity index (χ4v) is 5.08. The van der Waals surface area contributed by atoms with Crippen LogP contribution >= 0.6 is 11.3 Å². The molecule has 1 aromatic heterocycles. The number of carbonyl (C=O) groups is 2. The second-order valence-electron chi connectivity index (χ2n) is 7.28. The van der Waals surface area contributed by atoms with E-state index in [9.17, 15) is 9.59 Å². The number of thiophene rings is 1. The van der Waals surface area contributed by atoms with Crippen LogP contribution in [-0.2, 0) is 17.6 Å². The predicted octanol–water partition coefficient (Wildman–Crippen LogP) is 3.30. The van der Waals surface area contributed by atoms with Gasteiger partial charge in [-0.25, -0.2) is 0 Å². The third-order valence-corrected chi connectivity index (χ3v) is 6.38. The van der Waals surface area contributed by atoms with Crippen LogP contribution in [0, 0.1) is 11.8 Å². The second-order valence-corrected chi connectivity index (χ2v) is 8.25. The number of carbonyl (C=O) groups excluding carboxylic acids is 2. The molecule has 1 aromatic rings. The van der Waals surface area contributed by atoms with Gasteiger partial charge < -0.3 is 10.6 Å². The maximum atomic E-state index is 12.4. The molecule has 0 bridgehead atoms. The van der Waals surface area contributed by atoms with Crippen molar-refractivity contribution >= 4 is 23.2 Å². The number of rotatable bonds is 5. The molecule has 1 atom stereocenters. The molecular weight excluding hydrogens is 320 g/mol. The van der Waals surface area contributed by atoms with E-state index in [2.05, 4.69) is 17.6 Å². The Morgan fingerprint density at radius 2 is 1.88 bits per heavy atom. The summed E-state index contributed by atoms with van der Waals surface area (Å²) in [4.78, 5) is 25.8. The van der Waals surface area contributed by atoms with Crippen LogP contribution in [0.2, 0.25) is 0 Å². The van der Waals surface area contributed by atoms with Crippen LogP contribution < -0.4 is 10.6 Å². The summed E-state index contributed by atoms with van der Waals surface area (Å²) in [6, 6.07) is 0. The van der Waals surface area contributed by atoms with Crippen LogP contribution in [0.25, 0.3) is 0 Å². The Bertz CT molecular complexity index is 590. The molecule has 2 N–H and O–H groups in total. The highest BCUT2D eigenvalue weighted by atomic mass is 32.1. The molecule has 1 saturated carbocycles. The lowest BCUT2D eigenvalue weighted by molar-refractivity contribution is -0.125. The zero-order chi connectivity index (χ0) is 16.9. The highest BCUT2D eigenvalue weighted by Gasteiger charge is 2.23. The second kappa shape index (κ2) is 8.15. The molecule has 0 radical (unpaired) electrons. The van der Waals surface area contributed by atoms with E-state index in [1.54, 1.807) is 11.3 Å². The van der Waals surface area contributed by atoms with Crippen molar-refractivity contribution in [2.45, 2.75) is 58.3 Å². The summed E-state index contributed by atoms with van der Waals surface area (Å²) in [7, 11) is 0. The molecule has 1 heterocycles. The maximum absolute atomic E-state index is 12.4. The summed E-state index contributed by atoms with van der Waals surface area (Å²) < 4.78 is 0. The zero-order valence-corrected chi connectivity index (χ0v) is 15.3. The molecule has 0 aliphatic heterocycles. The minimum absolute atomic E-state index is 0.00830. The minimum Gasteiger partial charge on any atom is -0.354 e. The topological polar surface area (TPSA) is 58.2 Å². The van der Waals surface area contributed by atoms with E-state index in [1.165, 1.54) is 23.3 Å². The largest absolute Gasteiger partial charge is 0.354 e. The van der Waals surface area contributed by atoms with E-state index in [4.69, 9.17) is 0 Å². The van der Waals surface area contributed by atoms with Crippen LogP contribution in [0.1, 0.15) is 66.2 Å². The summed E-state index contributed by atoms with van der Waals surface area (Å²) in [5.74, 6) is 1.07. The monoisotopic (exact) mass is 348 g/mol. The summed E-state index contributed by atoms with van der Waals surface area (Å²) in [6.45, 7) is 3.29. The standard InChI is InChI=1S/C19H28N2O2S/c1-13-7-8-15-16(12-24-17(15)11-13)19(23)21-10-9-20-18(22)14-5-3-2-4-6-14/h12-14H,2-11H2,1H3,(H,20,22)(H,21,23). The van der Waals surface area contributed by atoms with Crippen molar-refractivity contribution in [3.8, 4) is 0 Å². The number of hydrogen-bond donors (Lipinski definition) is 2. The normalized spacial score (nSPS) is 21.1. The Morgan fingerprint density at radius 1 is 1.12 bits per heavy atom. The molecule has 0 spiro atoms. The van der Waals surface area contributed by atoms with Crippen molar-refractivity contribution in [3.05, 3.63) is 21.4 Å². The van der Waals surface area contributed by atoms with Crippen molar-refractivity contribution in [3.63, 3.8) is 0 Å². The summed E-state index contributed by atoms with van der Waals surface area (Å²) in [5, 5.41) is 7.93. The van der Waals surface area contributed by atoms with Gasteiger partial charge in [-0.05, 0) is 43.6 Å². The molecule has 1 fully saturated rings. The maximum Gasteiger partial charge on any atom is 0.252 e. The van der Waals surface area contributed by atoms with Crippen LogP contribution in [0.4, 0.5) is 0 Å². The van der Waals surface area contributed by atoms with Crippen LogP contribution in [-0.4, -0.2) is 24.9 Å². The number of hydrogen-bond acceptors (Lipinski definition) is 3. The van der Waals surface area contributed by atoms with E-state index < -0.39 is 0 Å². The Hall–Kier alpha value is -1.36. The predicted molar refractivity (Wildman–Crippen MR) is 97.4 cm³/mol. The van der Waals surface area contributed by atoms with Gasteiger partial charge in [0.2, 0.25) is 5.91 Å². The first-order valence-corrected chi connectivity index (χ1v) is 10.2. The van der Waals surface area contributed by atoms with Crippen molar-refractivity contribution in [1.29, 1.82) is 0 Å². The van der Waals surface area contributed by atoms with Crippen molar-refractivity contribution in [2.24, 2.45) is 11.8 Å². The molecule has 0 saturated heterocycles. The van der Waals surface area contributed by atoms with Crippen LogP contribution in [0.3, 0.4) is 0 Å². The molecule has 0 aromatic carbocycles. The lowest BCUT2D eigenvalue weighted by Crippen LogP contribution is -2.38. The van der Waals surface area contributed by atoms with Crippen molar-refractivity contribution in [1.82, 2.24) is 10.6 Å². The average molecular weight is 349 g/mol. The van der Waals surface area contributed by atoms with Gasteiger partial charge in [-0.15, -0.1) is 11.3 Å². The first-order valence-electron chi connectivity index (χ1n) is 9.30. The molecule has 3 rings (SSSR count). The molecule has 4 nitrogen and oxygen atoms in total. The van der Waals surface area contributed by atoms with Gasteiger partial charge in [0.15, 0.2) is 0 Å². The zero-order valence-electron chi connectivity index (χ0n) is 14.5. The number of nitrogens with one attached hydrogen (secondary N) is 2. The molecule has 1 unspecified atom stereocenters.